The maximum absolute atomic E-state index is 11.8. The van der Waals surface area contributed by atoms with Gasteiger partial charge in [-0.25, -0.2) is 4.98 Å². The minimum absolute atomic E-state index is 0.00699. The molecular weight excluding hydrogens is 444 g/mol. The van der Waals surface area contributed by atoms with Crippen LogP contribution in [-0.4, -0.2) is 30.1 Å². The van der Waals surface area contributed by atoms with E-state index in [1.165, 1.54) is 0 Å². The van der Waals surface area contributed by atoms with Crippen LogP contribution < -0.4 is 16.4 Å². The van der Waals surface area contributed by atoms with E-state index in [1.54, 1.807) is 11.3 Å². The summed E-state index contributed by atoms with van der Waals surface area (Å²) in [6, 6.07) is 13.9. The standard InChI is InChI=1S/C24H25ClN4O2S/c25-17-6-3-14(4-7-17)10-18(26)13-27-24-29-22(20-2-1-9-31-20)23(32-24)15-5-8-19-16(11-15)12-21(30)28-19/h3-8,11,18,20H,1-2,9-10,12-13,26H2,(H,27,29)(H,28,30)/t18-,20?/m1/s1. The van der Waals surface area contributed by atoms with Gasteiger partial charge in [-0.05, 0) is 60.2 Å². The van der Waals surface area contributed by atoms with Crippen molar-refractivity contribution in [1.82, 2.24) is 4.98 Å². The second kappa shape index (κ2) is 9.19. The number of thiazole rings is 1. The first kappa shape index (κ1) is 21.4. The molecule has 32 heavy (non-hydrogen) atoms. The largest absolute Gasteiger partial charge is 0.372 e. The number of fused-ring (bicyclic) bond motifs is 1. The van der Waals surface area contributed by atoms with Crippen LogP contribution in [0, 0.1) is 0 Å². The molecule has 8 heteroatoms. The topological polar surface area (TPSA) is 89.3 Å². The Hall–Kier alpha value is -2.45. The molecule has 2 aromatic carbocycles. The number of ether oxygens (including phenoxy) is 1. The third-order valence-corrected chi connectivity index (χ3v) is 7.14. The normalized spacial score (nSPS) is 18.4. The fraction of sp³-hybridized carbons (Fsp3) is 0.333. The Morgan fingerprint density at radius 3 is 2.91 bits per heavy atom. The number of nitrogens with zero attached hydrogens (tertiary/aromatic N) is 1. The number of nitrogens with one attached hydrogen (secondary N) is 2. The monoisotopic (exact) mass is 468 g/mol. The number of rotatable bonds is 7. The summed E-state index contributed by atoms with van der Waals surface area (Å²) in [5, 5.41) is 7.89. The van der Waals surface area contributed by atoms with Crippen molar-refractivity contribution in [3.63, 3.8) is 0 Å². The molecule has 0 radical (unpaired) electrons. The van der Waals surface area contributed by atoms with Gasteiger partial charge in [0.15, 0.2) is 5.13 Å². The molecule has 0 spiro atoms. The molecule has 0 bridgehead atoms. The van der Waals surface area contributed by atoms with Crippen LogP contribution in [0.25, 0.3) is 10.4 Å². The number of hydrogen-bond acceptors (Lipinski definition) is 6. The highest BCUT2D eigenvalue weighted by atomic mass is 35.5. The first-order chi connectivity index (χ1) is 15.5. The van der Waals surface area contributed by atoms with Crippen LogP contribution in [-0.2, 0) is 22.4 Å². The highest BCUT2D eigenvalue weighted by Gasteiger charge is 2.27. The molecule has 3 aromatic rings. The van der Waals surface area contributed by atoms with Crippen LogP contribution in [0.4, 0.5) is 10.8 Å². The molecule has 6 nitrogen and oxygen atoms in total. The summed E-state index contributed by atoms with van der Waals surface area (Å²) in [5.74, 6) is 0.0397. The Bertz CT molecular complexity index is 1130. The van der Waals surface area contributed by atoms with Crippen LogP contribution >= 0.6 is 22.9 Å². The average Bonchev–Trinajstić information content (AvgIpc) is 3.52. The van der Waals surface area contributed by atoms with E-state index < -0.39 is 0 Å². The van der Waals surface area contributed by atoms with Gasteiger partial charge in [0, 0.05) is 29.9 Å². The molecule has 0 aliphatic carbocycles. The second-order valence-corrected chi connectivity index (χ2v) is 9.74. The van der Waals surface area contributed by atoms with Gasteiger partial charge in [-0.1, -0.05) is 41.1 Å². The van der Waals surface area contributed by atoms with Crippen molar-refractivity contribution >= 4 is 39.7 Å². The summed E-state index contributed by atoms with van der Waals surface area (Å²) >= 11 is 7.58. The van der Waals surface area contributed by atoms with E-state index in [9.17, 15) is 4.79 Å². The van der Waals surface area contributed by atoms with Gasteiger partial charge in [0.2, 0.25) is 5.91 Å². The van der Waals surface area contributed by atoms with Crippen LogP contribution in [0.3, 0.4) is 0 Å². The fourth-order valence-corrected chi connectivity index (χ4v) is 5.36. The minimum atomic E-state index is -0.0493. The van der Waals surface area contributed by atoms with Crippen LogP contribution in [0.5, 0.6) is 0 Å². The van der Waals surface area contributed by atoms with E-state index in [4.69, 9.17) is 27.1 Å². The van der Waals surface area contributed by atoms with E-state index in [-0.39, 0.29) is 18.1 Å². The molecule has 2 aliphatic heterocycles. The van der Waals surface area contributed by atoms with Crippen LogP contribution in [0.15, 0.2) is 42.5 Å². The third-order valence-electron chi connectivity index (χ3n) is 5.81. The van der Waals surface area contributed by atoms with E-state index >= 15 is 0 Å². The lowest BCUT2D eigenvalue weighted by Crippen LogP contribution is -2.31. The molecule has 2 atom stereocenters. The number of aromatic nitrogens is 1. The zero-order valence-corrected chi connectivity index (χ0v) is 19.1. The summed E-state index contributed by atoms with van der Waals surface area (Å²) in [6.45, 7) is 1.38. The quantitative estimate of drug-likeness (QED) is 0.463. The van der Waals surface area contributed by atoms with Gasteiger partial charge in [-0.2, -0.15) is 0 Å². The summed E-state index contributed by atoms with van der Waals surface area (Å²) in [5.41, 5.74) is 11.5. The summed E-state index contributed by atoms with van der Waals surface area (Å²) in [7, 11) is 0. The smallest absolute Gasteiger partial charge is 0.228 e. The van der Waals surface area contributed by atoms with Gasteiger partial charge in [0.1, 0.15) is 6.10 Å². The number of benzene rings is 2. The van der Waals surface area contributed by atoms with Crippen LogP contribution in [0.2, 0.25) is 5.02 Å². The van der Waals surface area contributed by atoms with Crippen molar-refractivity contribution in [2.75, 3.05) is 23.8 Å². The summed E-state index contributed by atoms with van der Waals surface area (Å²) in [6.07, 6.45) is 3.19. The predicted molar refractivity (Wildman–Crippen MR) is 129 cm³/mol. The molecule has 4 N–H and O–H groups in total. The van der Waals surface area contributed by atoms with Gasteiger partial charge >= 0.3 is 0 Å². The molecule has 166 valence electrons. The van der Waals surface area contributed by atoms with Gasteiger partial charge in [-0.15, -0.1) is 0 Å². The Kier molecular flexibility index (Phi) is 6.15. The van der Waals surface area contributed by atoms with Crippen molar-refractivity contribution in [2.24, 2.45) is 5.73 Å². The zero-order valence-electron chi connectivity index (χ0n) is 17.6. The molecular formula is C24H25ClN4O2S. The summed E-state index contributed by atoms with van der Waals surface area (Å²) in [4.78, 5) is 17.7. The van der Waals surface area contributed by atoms with E-state index in [0.717, 1.165) is 69.0 Å². The van der Waals surface area contributed by atoms with Gasteiger partial charge in [0.25, 0.3) is 0 Å². The maximum Gasteiger partial charge on any atom is 0.228 e. The number of anilines is 2. The Morgan fingerprint density at radius 2 is 2.12 bits per heavy atom. The lowest BCUT2D eigenvalue weighted by molar-refractivity contribution is -0.115. The average molecular weight is 469 g/mol. The summed E-state index contributed by atoms with van der Waals surface area (Å²) < 4.78 is 5.95. The lowest BCUT2D eigenvalue weighted by atomic mass is 10.0. The highest BCUT2D eigenvalue weighted by Crippen LogP contribution is 2.42. The molecule has 0 saturated carbocycles. The highest BCUT2D eigenvalue weighted by molar-refractivity contribution is 7.19. The molecule has 2 aliphatic rings. The number of halogens is 1. The number of hydrogen-bond donors (Lipinski definition) is 3. The predicted octanol–water partition coefficient (Wildman–Crippen LogP) is 4.79. The molecule has 3 heterocycles. The number of amides is 1. The van der Waals surface area contributed by atoms with Crippen molar-refractivity contribution in [3.8, 4) is 10.4 Å². The Balaban J connectivity index is 1.34. The van der Waals surface area contributed by atoms with Crippen molar-refractivity contribution < 1.29 is 9.53 Å². The Labute approximate surface area is 196 Å². The number of nitrogens with two attached hydrogens (primary N) is 1. The number of carbonyl (C=O) groups is 1. The number of carbonyl (C=O) groups excluding carboxylic acids is 1. The first-order valence-corrected chi connectivity index (χ1v) is 12.0. The molecule has 1 amide bonds. The zero-order chi connectivity index (χ0) is 22.1. The fourth-order valence-electron chi connectivity index (χ4n) is 4.21. The minimum Gasteiger partial charge on any atom is -0.372 e. The van der Waals surface area contributed by atoms with Crippen molar-refractivity contribution in [1.29, 1.82) is 0 Å². The van der Waals surface area contributed by atoms with Gasteiger partial charge < -0.3 is 21.1 Å². The van der Waals surface area contributed by atoms with E-state index in [1.807, 2.05) is 36.4 Å². The first-order valence-electron chi connectivity index (χ1n) is 10.8. The molecule has 1 unspecified atom stereocenters. The molecule has 5 rings (SSSR count). The SMILES string of the molecule is N[C@@H](CNc1nc(C2CCCO2)c(-c2ccc3c(c2)CC(=O)N3)s1)Cc1ccc(Cl)cc1. The second-order valence-electron chi connectivity index (χ2n) is 8.30. The van der Waals surface area contributed by atoms with Crippen molar-refractivity contribution in [3.05, 3.63) is 64.3 Å². The molecule has 1 fully saturated rings. The van der Waals surface area contributed by atoms with Crippen molar-refractivity contribution in [2.45, 2.75) is 37.8 Å². The molecule has 1 aromatic heterocycles. The van der Waals surface area contributed by atoms with Gasteiger partial charge in [-0.3, -0.25) is 4.79 Å². The third kappa shape index (κ3) is 4.66. The Morgan fingerprint density at radius 1 is 1.28 bits per heavy atom. The van der Waals surface area contributed by atoms with Gasteiger partial charge in [0.05, 0.1) is 17.0 Å². The lowest BCUT2D eigenvalue weighted by Gasteiger charge is -2.12. The van der Waals surface area contributed by atoms with E-state index in [0.29, 0.717) is 13.0 Å². The van der Waals surface area contributed by atoms with Crippen LogP contribution in [0.1, 0.15) is 35.8 Å². The maximum atomic E-state index is 11.8. The van der Waals surface area contributed by atoms with E-state index in [2.05, 4.69) is 16.7 Å². The molecule has 1 saturated heterocycles.